The first-order valence-electron chi connectivity index (χ1n) is 7.61. The van der Waals surface area contributed by atoms with Crippen molar-refractivity contribution in [2.24, 2.45) is 0 Å². The van der Waals surface area contributed by atoms with E-state index >= 15 is 0 Å². The van der Waals surface area contributed by atoms with Crippen molar-refractivity contribution < 1.29 is 14.5 Å². The number of nitrogens with zero attached hydrogens (tertiary/aromatic N) is 1. The molecule has 2 aromatic rings. The fourth-order valence-corrected chi connectivity index (χ4v) is 2.54. The maximum atomic E-state index is 11.9. The van der Waals surface area contributed by atoms with Crippen LogP contribution in [0.4, 0.5) is 11.4 Å². The van der Waals surface area contributed by atoms with Crippen molar-refractivity contribution in [2.75, 3.05) is 11.9 Å². The monoisotopic (exact) mass is 417 g/mol. The molecular formula is C18H16BrN3O4. The number of non-ortho nitro benzene ring substituents is 1. The van der Waals surface area contributed by atoms with Crippen molar-refractivity contribution >= 4 is 45.2 Å². The van der Waals surface area contributed by atoms with Gasteiger partial charge >= 0.3 is 0 Å². The van der Waals surface area contributed by atoms with Crippen molar-refractivity contribution in [3.8, 4) is 0 Å². The van der Waals surface area contributed by atoms with Gasteiger partial charge < -0.3 is 10.6 Å². The Morgan fingerprint density at radius 1 is 1.19 bits per heavy atom. The molecule has 0 aliphatic rings. The first-order chi connectivity index (χ1) is 12.3. The summed E-state index contributed by atoms with van der Waals surface area (Å²) in [5.74, 6) is -0.779. The largest absolute Gasteiger partial charge is 0.343 e. The lowest BCUT2D eigenvalue weighted by atomic mass is 10.2. The van der Waals surface area contributed by atoms with E-state index in [1.807, 2.05) is 19.1 Å². The van der Waals surface area contributed by atoms with Crippen LogP contribution in [0.5, 0.6) is 0 Å². The number of halogens is 1. The third-order valence-electron chi connectivity index (χ3n) is 3.42. The average Bonchev–Trinajstić information content (AvgIpc) is 2.61. The standard InChI is InChI=1S/C18H16BrN3O4/c1-12-10-14(19)5-8-16(12)21-18(24)11-20-17(23)9-4-13-2-6-15(7-3-13)22(25)26/h2-10H,11H2,1H3,(H,20,23)(H,21,24). The Balaban J connectivity index is 1.83. The van der Waals surface area contributed by atoms with Gasteiger partial charge in [0.05, 0.1) is 11.5 Å². The van der Waals surface area contributed by atoms with Crippen molar-refractivity contribution in [1.29, 1.82) is 0 Å². The van der Waals surface area contributed by atoms with Crippen molar-refractivity contribution in [3.05, 3.63) is 74.3 Å². The molecule has 26 heavy (non-hydrogen) atoms. The zero-order valence-electron chi connectivity index (χ0n) is 13.9. The Morgan fingerprint density at radius 2 is 1.88 bits per heavy atom. The molecule has 0 saturated heterocycles. The van der Waals surface area contributed by atoms with Gasteiger partial charge in [-0.3, -0.25) is 19.7 Å². The maximum Gasteiger partial charge on any atom is 0.269 e. The van der Waals surface area contributed by atoms with Crippen LogP contribution in [0.2, 0.25) is 0 Å². The van der Waals surface area contributed by atoms with Gasteiger partial charge in [0.2, 0.25) is 11.8 Å². The van der Waals surface area contributed by atoms with E-state index < -0.39 is 10.8 Å². The van der Waals surface area contributed by atoms with Gasteiger partial charge in [0, 0.05) is 28.4 Å². The predicted molar refractivity (Wildman–Crippen MR) is 103 cm³/mol. The Kier molecular flexibility index (Phi) is 6.62. The molecule has 134 valence electrons. The molecule has 0 radical (unpaired) electrons. The Labute approximate surface area is 158 Å². The summed E-state index contributed by atoms with van der Waals surface area (Å²) >= 11 is 3.35. The molecule has 2 N–H and O–H groups in total. The van der Waals surface area contributed by atoms with E-state index in [1.165, 1.54) is 36.4 Å². The van der Waals surface area contributed by atoms with E-state index in [2.05, 4.69) is 26.6 Å². The van der Waals surface area contributed by atoms with Gasteiger partial charge in [-0.15, -0.1) is 0 Å². The van der Waals surface area contributed by atoms with E-state index in [0.717, 1.165) is 10.0 Å². The molecule has 0 saturated carbocycles. The van der Waals surface area contributed by atoms with E-state index in [-0.39, 0.29) is 18.1 Å². The molecule has 0 spiro atoms. The SMILES string of the molecule is Cc1cc(Br)ccc1NC(=O)CNC(=O)C=Cc1ccc([N+](=O)[O-])cc1. The second-order valence-corrected chi connectivity index (χ2v) is 6.32. The highest BCUT2D eigenvalue weighted by Crippen LogP contribution is 2.19. The van der Waals surface area contributed by atoms with Crippen LogP contribution >= 0.6 is 15.9 Å². The lowest BCUT2D eigenvalue weighted by molar-refractivity contribution is -0.384. The quantitative estimate of drug-likeness (QED) is 0.426. The molecule has 2 amide bonds. The number of anilines is 1. The second kappa shape index (κ2) is 8.91. The first-order valence-corrected chi connectivity index (χ1v) is 8.41. The molecule has 2 aromatic carbocycles. The lowest BCUT2D eigenvalue weighted by Crippen LogP contribution is -2.31. The fraction of sp³-hybridized carbons (Fsp3) is 0.111. The minimum atomic E-state index is -0.494. The van der Waals surface area contributed by atoms with Crippen molar-refractivity contribution in [3.63, 3.8) is 0 Å². The molecule has 0 bridgehead atoms. The van der Waals surface area contributed by atoms with Crippen LogP contribution in [0.1, 0.15) is 11.1 Å². The fourth-order valence-electron chi connectivity index (χ4n) is 2.07. The highest BCUT2D eigenvalue weighted by Gasteiger charge is 2.07. The molecule has 0 aliphatic carbocycles. The number of amides is 2. The summed E-state index contributed by atoms with van der Waals surface area (Å²) in [6.07, 6.45) is 2.77. The Hall–Kier alpha value is -3.00. The summed E-state index contributed by atoms with van der Waals surface area (Å²) in [7, 11) is 0. The predicted octanol–water partition coefficient (Wildman–Crippen LogP) is 3.43. The van der Waals surface area contributed by atoms with E-state index in [4.69, 9.17) is 0 Å². The van der Waals surface area contributed by atoms with E-state index in [9.17, 15) is 19.7 Å². The molecule has 7 nitrogen and oxygen atoms in total. The summed E-state index contributed by atoms with van der Waals surface area (Å²) < 4.78 is 0.915. The highest BCUT2D eigenvalue weighted by molar-refractivity contribution is 9.10. The molecule has 0 unspecified atom stereocenters. The number of nitro groups is 1. The van der Waals surface area contributed by atoms with Crippen molar-refractivity contribution in [1.82, 2.24) is 5.32 Å². The van der Waals surface area contributed by atoms with Crippen LogP contribution in [-0.4, -0.2) is 23.3 Å². The summed E-state index contributed by atoms with van der Waals surface area (Å²) in [6.45, 7) is 1.70. The number of nitrogens with one attached hydrogen (secondary N) is 2. The summed E-state index contributed by atoms with van der Waals surface area (Å²) in [5, 5.41) is 15.8. The molecule has 0 fully saturated rings. The van der Waals surface area contributed by atoms with Gasteiger partial charge in [-0.05, 0) is 54.5 Å². The minimum absolute atomic E-state index is 0.0218. The van der Waals surface area contributed by atoms with Gasteiger partial charge in [-0.2, -0.15) is 0 Å². The molecule has 2 rings (SSSR count). The van der Waals surface area contributed by atoms with E-state index in [0.29, 0.717) is 11.3 Å². The third-order valence-corrected chi connectivity index (χ3v) is 3.91. The molecular weight excluding hydrogens is 402 g/mol. The first kappa shape index (κ1) is 19.3. The Bertz CT molecular complexity index is 863. The van der Waals surface area contributed by atoms with Gasteiger partial charge in [-0.1, -0.05) is 15.9 Å². The molecule has 0 heterocycles. The number of nitro benzene ring substituents is 1. The third kappa shape index (κ3) is 5.82. The number of hydrogen-bond donors (Lipinski definition) is 2. The summed E-state index contributed by atoms with van der Waals surface area (Å²) in [6, 6.07) is 11.2. The average molecular weight is 418 g/mol. The van der Waals surface area contributed by atoms with Crippen LogP contribution < -0.4 is 10.6 Å². The maximum absolute atomic E-state index is 11.9. The Morgan fingerprint density at radius 3 is 2.50 bits per heavy atom. The molecule has 0 aliphatic heterocycles. The van der Waals surface area contributed by atoms with Crippen LogP contribution in [0.25, 0.3) is 6.08 Å². The number of rotatable bonds is 6. The van der Waals surface area contributed by atoms with Crippen LogP contribution in [-0.2, 0) is 9.59 Å². The van der Waals surface area contributed by atoms with Gasteiger partial charge in [0.25, 0.3) is 5.69 Å². The van der Waals surface area contributed by atoms with Crippen LogP contribution in [0.3, 0.4) is 0 Å². The van der Waals surface area contributed by atoms with Crippen LogP contribution in [0, 0.1) is 17.0 Å². The summed E-state index contributed by atoms with van der Waals surface area (Å²) in [5.41, 5.74) is 2.19. The lowest BCUT2D eigenvalue weighted by Gasteiger charge is -2.09. The summed E-state index contributed by atoms with van der Waals surface area (Å²) in [4.78, 5) is 33.8. The number of aryl methyl sites for hydroxylation is 1. The van der Waals surface area contributed by atoms with Gasteiger partial charge in [0.15, 0.2) is 0 Å². The minimum Gasteiger partial charge on any atom is -0.343 e. The van der Waals surface area contributed by atoms with Crippen molar-refractivity contribution in [2.45, 2.75) is 6.92 Å². The molecule has 0 atom stereocenters. The number of hydrogen-bond acceptors (Lipinski definition) is 4. The highest BCUT2D eigenvalue weighted by atomic mass is 79.9. The van der Waals surface area contributed by atoms with Gasteiger partial charge in [-0.25, -0.2) is 0 Å². The topological polar surface area (TPSA) is 101 Å². The molecule has 0 aromatic heterocycles. The second-order valence-electron chi connectivity index (χ2n) is 5.41. The zero-order chi connectivity index (χ0) is 19.1. The van der Waals surface area contributed by atoms with Gasteiger partial charge in [0.1, 0.15) is 0 Å². The number of carbonyl (C=O) groups is 2. The number of carbonyl (C=O) groups excluding carboxylic acids is 2. The zero-order valence-corrected chi connectivity index (χ0v) is 15.4. The van der Waals surface area contributed by atoms with Crippen LogP contribution in [0.15, 0.2) is 53.0 Å². The number of benzene rings is 2. The molecule has 8 heteroatoms. The smallest absolute Gasteiger partial charge is 0.269 e. The normalized spacial score (nSPS) is 10.5. The van der Waals surface area contributed by atoms with E-state index in [1.54, 1.807) is 6.07 Å².